The predicted molar refractivity (Wildman–Crippen MR) is 464 cm³/mol. The molecule has 0 amide bonds. The van der Waals surface area contributed by atoms with Crippen molar-refractivity contribution < 1.29 is 20.4 Å². The molecule has 0 radical (unpaired) electrons. The third-order valence-electron chi connectivity index (χ3n) is 15.5. The predicted octanol–water partition coefficient (Wildman–Crippen LogP) is 19.8. The molecule has 0 saturated heterocycles. The van der Waals surface area contributed by atoms with Gasteiger partial charge >= 0.3 is 0 Å². The van der Waals surface area contributed by atoms with Crippen LogP contribution in [0.3, 0.4) is 0 Å². The summed E-state index contributed by atoms with van der Waals surface area (Å²) in [6.45, 7) is 0. The minimum atomic E-state index is -0.446. The Morgan fingerprint density at radius 1 is 0.198 bits per heavy atom. The Hall–Kier alpha value is -10.6. The monoisotopic (exact) mass is 1590 g/mol. The molecule has 0 fully saturated rings. The molecule has 0 atom stereocenters. The fourth-order valence-electron chi connectivity index (χ4n) is 10.7. The van der Waals surface area contributed by atoms with Gasteiger partial charge in [-0.05, 0) is 160 Å². The Kier molecular flexibility index (Phi) is 35.2. The van der Waals surface area contributed by atoms with E-state index < -0.39 is 31.7 Å². The number of nitrogens with zero attached hydrogens (tertiary/aromatic N) is 2. The standard InChI is InChI=1S/4C18H15P.C13H9N.C8H6.C5H4BrN.Pd/c4*1-4-10-16(11-5-1)19(17-12-6-2-7-13-17)18-14-8-3-9-15-18;1-2-5-12(6-3-1)8-9-13-7-4-10-14-11-13;1-2-8-6-4-3-5-7-8;6-5-2-1-3-7-4-5;/h4*1-15H;1-7,10-11H;1,3-7H;1-4H;. The molecule has 0 N–H and O–H groups in total. The van der Waals surface area contributed by atoms with E-state index >= 15 is 0 Å². The third kappa shape index (κ3) is 26.8. The van der Waals surface area contributed by atoms with Gasteiger partial charge in [0.15, 0.2) is 0 Å². The second-order valence-electron chi connectivity index (χ2n) is 22.9. The average Bonchev–Trinajstić information content (AvgIpc) is 0.841. The van der Waals surface area contributed by atoms with Crippen LogP contribution in [0.4, 0.5) is 0 Å². The number of pyridine rings is 2. The van der Waals surface area contributed by atoms with Crippen LogP contribution >= 0.6 is 47.6 Å². The van der Waals surface area contributed by atoms with E-state index in [-0.39, 0.29) is 20.4 Å². The van der Waals surface area contributed by atoms with E-state index in [0.717, 1.165) is 21.2 Å². The van der Waals surface area contributed by atoms with Crippen molar-refractivity contribution >= 4 is 111 Å². The van der Waals surface area contributed by atoms with Crippen LogP contribution in [0.1, 0.15) is 16.7 Å². The summed E-state index contributed by atoms with van der Waals surface area (Å²) in [6, 6.07) is 156. The van der Waals surface area contributed by atoms with Gasteiger partial charge in [0.1, 0.15) is 0 Å². The van der Waals surface area contributed by atoms with Gasteiger partial charge in [0.05, 0.1) is 0 Å². The molecule has 0 spiro atoms. The first-order valence-electron chi connectivity index (χ1n) is 34.4. The average molecular weight is 1590 g/mol. The normalized spacial score (nSPS) is 9.92. The van der Waals surface area contributed by atoms with Crippen molar-refractivity contribution in [3.63, 3.8) is 0 Å². The SMILES string of the molecule is Brc1cccnc1.C#Cc1ccccc1.C(#Cc1cccnc1)c1ccccc1.[Pd].c1ccc(P(c2ccccc2)c2ccccc2)cc1.c1ccc(P(c2ccccc2)c2ccccc2)cc1.c1ccc(P(c2ccccc2)c2ccccc2)cc1.c1ccc(P(c2ccccc2)c2ccccc2)cc1. The van der Waals surface area contributed by atoms with Gasteiger partial charge in [-0.2, -0.15) is 0 Å². The van der Waals surface area contributed by atoms with Gasteiger partial charge < -0.3 is 0 Å². The summed E-state index contributed by atoms with van der Waals surface area (Å²) in [5.41, 5.74) is 2.90. The summed E-state index contributed by atoms with van der Waals surface area (Å²) in [5, 5.41) is 16.8. The zero-order valence-corrected chi connectivity index (χ0v) is 65.2. The first-order valence-corrected chi connectivity index (χ1v) is 40.6. The Balaban J connectivity index is 0.000000146. The van der Waals surface area contributed by atoms with Crippen LogP contribution in [-0.2, 0) is 20.4 Å². The fourth-order valence-corrected chi connectivity index (χ4v) is 20.2. The Morgan fingerprint density at radius 2 is 0.368 bits per heavy atom. The van der Waals surface area contributed by atoms with Gasteiger partial charge in [-0.1, -0.05) is 418 Å². The molecule has 2 heterocycles. The minimum absolute atomic E-state index is 0. The molecular formula is C98H79BrN2P4Pd. The van der Waals surface area contributed by atoms with Gasteiger partial charge in [-0.15, -0.1) is 6.42 Å². The van der Waals surface area contributed by atoms with Crippen molar-refractivity contribution in [1.29, 1.82) is 0 Å². The number of hydrogen-bond acceptors (Lipinski definition) is 2. The van der Waals surface area contributed by atoms with Gasteiger partial charge in [0, 0.05) is 66.4 Å². The number of hydrogen-bond donors (Lipinski definition) is 0. The van der Waals surface area contributed by atoms with E-state index in [1.54, 1.807) is 24.8 Å². The van der Waals surface area contributed by atoms with Crippen molar-refractivity contribution in [2.75, 3.05) is 0 Å². The summed E-state index contributed by atoms with van der Waals surface area (Å²) >= 11 is 3.25. The van der Waals surface area contributed by atoms with E-state index in [9.17, 15) is 0 Å². The first-order chi connectivity index (χ1) is 52.1. The summed E-state index contributed by atoms with van der Waals surface area (Å²) < 4.78 is 1.02. The topological polar surface area (TPSA) is 25.8 Å². The Morgan fingerprint density at radius 3 is 0.519 bits per heavy atom. The van der Waals surface area contributed by atoms with Crippen molar-refractivity contribution in [3.05, 3.63) is 495 Å². The molecule has 0 bridgehead atoms. The van der Waals surface area contributed by atoms with Crippen LogP contribution in [0.5, 0.6) is 0 Å². The second kappa shape index (κ2) is 46.9. The van der Waals surface area contributed by atoms with Crippen LogP contribution in [0.25, 0.3) is 0 Å². The van der Waals surface area contributed by atoms with Gasteiger partial charge in [0.25, 0.3) is 0 Å². The zero-order chi connectivity index (χ0) is 72.2. The molecule has 2 aromatic heterocycles. The zero-order valence-electron chi connectivity index (χ0n) is 58.5. The maximum atomic E-state index is 5.10. The molecular weight excluding hydrogens is 1520 g/mol. The second-order valence-corrected chi connectivity index (χ2v) is 32.7. The fraction of sp³-hybridized carbons (Fsp3) is 0. The number of terminal acetylenes is 1. The summed E-state index contributed by atoms with van der Waals surface area (Å²) in [6.07, 6.45) is 12.1. The van der Waals surface area contributed by atoms with Crippen molar-refractivity contribution in [2.45, 2.75) is 0 Å². The first kappa shape index (κ1) is 79.5. The van der Waals surface area contributed by atoms with E-state index in [1.165, 1.54) is 63.7 Å². The van der Waals surface area contributed by atoms with Crippen molar-refractivity contribution in [1.82, 2.24) is 9.97 Å². The maximum Gasteiger partial charge on any atom is 0.0432 e. The summed E-state index contributed by atoms with van der Waals surface area (Å²) in [5.74, 6) is 8.65. The minimum Gasteiger partial charge on any atom is -0.264 e. The Labute approximate surface area is 655 Å². The molecule has 0 aliphatic rings. The van der Waals surface area contributed by atoms with Gasteiger partial charge in [0.2, 0.25) is 0 Å². The molecule has 0 saturated carbocycles. The molecule has 106 heavy (non-hydrogen) atoms. The van der Waals surface area contributed by atoms with Crippen LogP contribution in [0.2, 0.25) is 0 Å². The molecule has 0 aliphatic heterocycles. The molecule has 8 heteroatoms. The summed E-state index contributed by atoms with van der Waals surface area (Å²) in [7, 11) is -1.78. The number of aromatic nitrogens is 2. The van der Waals surface area contributed by atoms with Gasteiger partial charge in [-0.25, -0.2) is 0 Å². The van der Waals surface area contributed by atoms with Crippen molar-refractivity contribution in [3.8, 4) is 24.2 Å². The Bertz CT molecular complexity index is 4140. The number of rotatable bonds is 12. The molecule has 518 valence electrons. The molecule has 16 rings (SSSR count). The largest absolute Gasteiger partial charge is 0.264 e. The summed E-state index contributed by atoms with van der Waals surface area (Å²) in [4.78, 5) is 7.83. The maximum absolute atomic E-state index is 5.10. The van der Waals surface area contributed by atoms with Crippen LogP contribution in [0.15, 0.2) is 478 Å². The molecule has 16 aromatic rings. The molecule has 2 nitrogen and oxygen atoms in total. The van der Waals surface area contributed by atoms with E-state index in [2.05, 4.69) is 408 Å². The molecule has 0 aliphatic carbocycles. The smallest absolute Gasteiger partial charge is 0.0432 e. The van der Waals surface area contributed by atoms with Crippen LogP contribution in [-0.4, -0.2) is 9.97 Å². The third-order valence-corrected chi connectivity index (χ3v) is 25.8. The van der Waals surface area contributed by atoms with Crippen molar-refractivity contribution in [2.24, 2.45) is 0 Å². The quantitative estimate of drug-likeness (QED) is 0.0692. The number of benzene rings is 14. The molecule has 14 aromatic carbocycles. The van der Waals surface area contributed by atoms with E-state index in [1.807, 2.05) is 84.9 Å². The molecule has 0 unspecified atom stereocenters. The van der Waals surface area contributed by atoms with E-state index in [0.29, 0.717) is 0 Å². The van der Waals surface area contributed by atoms with E-state index in [4.69, 9.17) is 6.42 Å². The van der Waals surface area contributed by atoms with Gasteiger partial charge in [-0.3, -0.25) is 9.97 Å². The number of halogens is 1. The van der Waals surface area contributed by atoms with Crippen LogP contribution in [0, 0.1) is 24.2 Å². The van der Waals surface area contributed by atoms with Crippen LogP contribution < -0.4 is 63.7 Å².